The first-order valence-corrected chi connectivity index (χ1v) is 7.65. The van der Waals surface area contributed by atoms with Crippen LogP contribution in [-0.4, -0.2) is 39.2 Å². The number of rotatable bonds is 4. The molecule has 0 fully saturated rings. The molecule has 0 aliphatic rings. The zero-order valence-corrected chi connectivity index (χ0v) is 13.6. The highest BCUT2D eigenvalue weighted by atomic mass is 19.4. The Morgan fingerprint density at radius 1 is 1.19 bits per heavy atom. The van der Waals surface area contributed by atoms with Crippen molar-refractivity contribution in [3.8, 4) is 11.3 Å². The summed E-state index contributed by atoms with van der Waals surface area (Å²) < 4.78 is 38.1. The van der Waals surface area contributed by atoms with Crippen molar-refractivity contribution >= 4 is 23.3 Å². The van der Waals surface area contributed by atoms with Gasteiger partial charge in [0.15, 0.2) is 0 Å². The van der Waals surface area contributed by atoms with Crippen molar-refractivity contribution in [2.45, 2.75) is 6.18 Å². The molecule has 3 N–H and O–H groups in total. The molecule has 1 aromatic carbocycles. The van der Waals surface area contributed by atoms with Crippen LogP contribution < -0.4 is 10.6 Å². The fourth-order valence-corrected chi connectivity index (χ4v) is 2.44. The van der Waals surface area contributed by atoms with Gasteiger partial charge in [-0.15, -0.1) is 0 Å². The number of hydrogen-bond donors (Lipinski definition) is 3. The fraction of sp³-hybridized carbons (Fsp3) is 0.118. The maximum atomic E-state index is 12.1. The van der Waals surface area contributed by atoms with Crippen molar-refractivity contribution in [3.05, 3.63) is 54.4 Å². The standard InChI is InChI=1S/C17H13F3N4O3/c18-17(19,20)9-22-16(27)23-12-3-1-2-10(6-12)13-8-21-14-7-11(15(25)26)4-5-24(13)14/h1-8H,9H2,(H,25,26)(H2,22,23,27). The molecule has 0 saturated carbocycles. The Hall–Kier alpha value is -3.56. The summed E-state index contributed by atoms with van der Waals surface area (Å²) in [5, 5.41) is 13.1. The number of pyridine rings is 1. The maximum absolute atomic E-state index is 12.1. The highest BCUT2D eigenvalue weighted by molar-refractivity contribution is 5.90. The summed E-state index contributed by atoms with van der Waals surface area (Å²) in [6.45, 7) is -1.43. The zero-order chi connectivity index (χ0) is 19.6. The maximum Gasteiger partial charge on any atom is 0.405 e. The number of benzene rings is 1. The molecule has 2 aromatic heterocycles. The molecule has 2 amide bonds. The van der Waals surface area contributed by atoms with Gasteiger partial charge in [0.25, 0.3) is 0 Å². The molecular formula is C17H13F3N4O3. The summed E-state index contributed by atoms with van der Waals surface area (Å²) >= 11 is 0. The van der Waals surface area contributed by atoms with Crippen LogP contribution in [0.25, 0.3) is 16.9 Å². The number of fused-ring (bicyclic) bond motifs is 1. The van der Waals surface area contributed by atoms with Crippen LogP contribution in [0.15, 0.2) is 48.8 Å². The van der Waals surface area contributed by atoms with Crippen LogP contribution in [0.4, 0.5) is 23.7 Å². The normalized spacial score (nSPS) is 11.4. The topological polar surface area (TPSA) is 95.7 Å². The number of alkyl halides is 3. The van der Waals surface area contributed by atoms with Crippen molar-refractivity contribution in [2.75, 3.05) is 11.9 Å². The third kappa shape index (κ3) is 4.35. The Morgan fingerprint density at radius 3 is 2.67 bits per heavy atom. The predicted octanol–water partition coefficient (Wildman–Crippen LogP) is 3.38. The molecule has 0 unspecified atom stereocenters. The minimum atomic E-state index is -4.50. The number of anilines is 1. The number of imidazole rings is 1. The molecule has 7 nitrogen and oxygen atoms in total. The van der Waals surface area contributed by atoms with Gasteiger partial charge < -0.3 is 15.7 Å². The van der Waals surface area contributed by atoms with E-state index in [0.717, 1.165) is 0 Å². The molecule has 10 heteroatoms. The minimum Gasteiger partial charge on any atom is -0.478 e. The molecular weight excluding hydrogens is 365 g/mol. The lowest BCUT2D eigenvalue weighted by molar-refractivity contribution is -0.122. The molecule has 0 atom stereocenters. The first-order valence-electron chi connectivity index (χ1n) is 7.65. The molecule has 3 rings (SSSR count). The van der Waals surface area contributed by atoms with E-state index in [1.165, 1.54) is 24.4 Å². The number of urea groups is 1. The molecule has 0 aliphatic carbocycles. The second-order valence-corrected chi connectivity index (χ2v) is 5.60. The molecule has 0 bridgehead atoms. The van der Waals surface area contributed by atoms with Crippen LogP contribution in [-0.2, 0) is 0 Å². The quantitative estimate of drug-likeness (QED) is 0.649. The summed E-state index contributed by atoms with van der Waals surface area (Å²) in [6, 6.07) is 8.32. The van der Waals surface area contributed by atoms with Gasteiger partial charge in [0.1, 0.15) is 12.2 Å². The number of nitrogens with zero attached hydrogens (tertiary/aromatic N) is 2. The number of carboxylic acids is 1. The molecule has 0 aliphatic heterocycles. The number of hydrogen-bond acceptors (Lipinski definition) is 3. The summed E-state index contributed by atoms with van der Waals surface area (Å²) in [7, 11) is 0. The number of amides is 2. The largest absolute Gasteiger partial charge is 0.478 e. The smallest absolute Gasteiger partial charge is 0.405 e. The summed E-state index contributed by atoms with van der Waals surface area (Å²) in [6.07, 6.45) is -1.41. The Bertz CT molecular complexity index is 1010. The molecule has 0 spiro atoms. The van der Waals surface area contributed by atoms with Gasteiger partial charge in [-0.05, 0) is 24.3 Å². The Labute approximate surface area is 150 Å². The van der Waals surface area contributed by atoms with Crippen LogP contribution in [0.3, 0.4) is 0 Å². The Morgan fingerprint density at radius 2 is 1.96 bits per heavy atom. The minimum absolute atomic E-state index is 0.0939. The third-order valence-corrected chi connectivity index (χ3v) is 3.63. The van der Waals surface area contributed by atoms with Crippen molar-refractivity contribution < 1.29 is 27.9 Å². The van der Waals surface area contributed by atoms with E-state index < -0.39 is 24.7 Å². The first-order chi connectivity index (χ1) is 12.7. The van der Waals surface area contributed by atoms with E-state index in [0.29, 0.717) is 22.6 Å². The summed E-state index contributed by atoms with van der Waals surface area (Å²) in [4.78, 5) is 26.8. The highest BCUT2D eigenvalue weighted by Gasteiger charge is 2.27. The zero-order valence-electron chi connectivity index (χ0n) is 13.6. The average molecular weight is 378 g/mol. The summed E-state index contributed by atoms with van der Waals surface area (Å²) in [5.74, 6) is -1.07. The van der Waals surface area contributed by atoms with E-state index >= 15 is 0 Å². The Balaban J connectivity index is 1.82. The lowest BCUT2D eigenvalue weighted by Gasteiger charge is -2.10. The van der Waals surface area contributed by atoms with E-state index in [9.17, 15) is 22.8 Å². The lowest BCUT2D eigenvalue weighted by Crippen LogP contribution is -2.36. The van der Waals surface area contributed by atoms with Gasteiger partial charge in [0.2, 0.25) is 0 Å². The molecule has 140 valence electrons. The fourth-order valence-electron chi connectivity index (χ4n) is 2.44. The average Bonchev–Trinajstić information content (AvgIpc) is 3.03. The number of halogens is 3. The molecule has 0 radical (unpaired) electrons. The van der Waals surface area contributed by atoms with Crippen LogP contribution in [0.1, 0.15) is 10.4 Å². The van der Waals surface area contributed by atoms with Crippen molar-refractivity contribution in [1.29, 1.82) is 0 Å². The number of carboxylic acid groups (broad SMARTS) is 1. The number of aromatic carboxylic acids is 1. The van der Waals surface area contributed by atoms with Crippen molar-refractivity contribution in [2.24, 2.45) is 0 Å². The second-order valence-electron chi connectivity index (χ2n) is 5.60. The highest BCUT2D eigenvalue weighted by Crippen LogP contribution is 2.24. The summed E-state index contributed by atoms with van der Waals surface area (Å²) in [5.41, 5.74) is 2.08. The van der Waals surface area contributed by atoms with Gasteiger partial charge in [-0.1, -0.05) is 12.1 Å². The number of carbonyl (C=O) groups excluding carboxylic acids is 1. The van der Waals surface area contributed by atoms with Gasteiger partial charge >= 0.3 is 18.2 Å². The van der Waals surface area contributed by atoms with Gasteiger partial charge in [-0.25, -0.2) is 14.6 Å². The number of nitrogens with one attached hydrogen (secondary N) is 2. The van der Waals surface area contributed by atoms with Gasteiger partial charge in [0, 0.05) is 17.4 Å². The van der Waals surface area contributed by atoms with E-state index in [1.54, 1.807) is 34.1 Å². The van der Waals surface area contributed by atoms with E-state index in [-0.39, 0.29) is 5.56 Å². The van der Waals surface area contributed by atoms with Crippen molar-refractivity contribution in [3.63, 3.8) is 0 Å². The lowest BCUT2D eigenvalue weighted by atomic mass is 10.1. The van der Waals surface area contributed by atoms with Crippen LogP contribution >= 0.6 is 0 Å². The van der Waals surface area contributed by atoms with Crippen LogP contribution in [0.2, 0.25) is 0 Å². The number of aromatic nitrogens is 2. The van der Waals surface area contributed by atoms with E-state index in [1.807, 2.05) is 0 Å². The van der Waals surface area contributed by atoms with Crippen LogP contribution in [0.5, 0.6) is 0 Å². The molecule has 3 aromatic rings. The van der Waals surface area contributed by atoms with E-state index in [4.69, 9.17) is 5.11 Å². The molecule has 2 heterocycles. The van der Waals surface area contributed by atoms with Gasteiger partial charge in [-0.3, -0.25) is 4.40 Å². The van der Waals surface area contributed by atoms with Gasteiger partial charge in [-0.2, -0.15) is 13.2 Å². The molecule has 0 saturated heterocycles. The second kappa shape index (κ2) is 6.98. The predicted molar refractivity (Wildman–Crippen MR) is 90.7 cm³/mol. The Kier molecular flexibility index (Phi) is 4.72. The van der Waals surface area contributed by atoms with E-state index in [2.05, 4.69) is 10.3 Å². The SMILES string of the molecule is O=C(NCC(F)(F)F)Nc1cccc(-c2cnc3cc(C(=O)O)ccn23)c1. The monoisotopic (exact) mass is 378 g/mol. The molecule has 27 heavy (non-hydrogen) atoms. The number of carbonyl (C=O) groups is 2. The first kappa shape index (κ1) is 18.2. The van der Waals surface area contributed by atoms with Gasteiger partial charge in [0.05, 0.1) is 17.5 Å². The third-order valence-electron chi connectivity index (χ3n) is 3.63. The van der Waals surface area contributed by atoms with Crippen molar-refractivity contribution in [1.82, 2.24) is 14.7 Å². The van der Waals surface area contributed by atoms with Crippen LogP contribution in [0, 0.1) is 0 Å².